The molecule has 0 saturated carbocycles. The molecule has 0 aromatic heterocycles. The Kier molecular flexibility index (Phi) is 28.5. The van der Waals surface area contributed by atoms with Crippen LogP contribution in [0.3, 0.4) is 0 Å². The molecule has 0 bridgehead atoms. The Labute approximate surface area is 163 Å². The summed E-state index contributed by atoms with van der Waals surface area (Å²) < 4.78 is 0. The average Bonchev–Trinajstić information content (AvgIpc) is 2.48. The van der Waals surface area contributed by atoms with Crippen LogP contribution in [0.2, 0.25) is 0 Å². The Morgan fingerprint density at radius 2 is 1.26 bits per heavy atom. The van der Waals surface area contributed by atoms with E-state index in [2.05, 4.69) is 11.9 Å². The summed E-state index contributed by atoms with van der Waals surface area (Å²) in [6.45, 7) is 4.62. The van der Waals surface area contributed by atoms with Crippen molar-refractivity contribution in [1.82, 2.24) is 0 Å². The standard InChI is InChI=1S/C14H27NO2.C3H6O2.Na.H/c1-2-3-4-5-6-7-8-9-10-12-15-13-11-14(16)17;1-2-3(4)5;;/h13H,2-12H2,1H3,(H,16,17);2H2,1H3,(H,4,5);;. The van der Waals surface area contributed by atoms with Gasteiger partial charge in [-0.2, -0.15) is 0 Å². The zero-order valence-corrected chi connectivity index (χ0v) is 14.2. The van der Waals surface area contributed by atoms with Crippen LogP contribution >= 0.6 is 0 Å². The van der Waals surface area contributed by atoms with E-state index in [4.69, 9.17) is 10.2 Å². The van der Waals surface area contributed by atoms with Crippen LogP contribution in [0.25, 0.3) is 0 Å². The summed E-state index contributed by atoms with van der Waals surface area (Å²) in [7, 11) is 0. The van der Waals surface area contributed by atoms with Gasteiger partial charge in [-0.25, -0.2) is 0 Å². The van der Waals surface area contributed by atoms with Crippen molar-refractivity contribution in [2.24, 2.45) is 4.99 Å². The zero-order valence-electron chi connectivity index (χ0n) is 14.2. The number of unbranched alkanes of at least 4 members (excludes halogenated alkanes) is 8. The molecule has 2 N–H and O–H groups in total. The van der Waals surface area contributed by atoms with Gasteiger partial charge in [0.2, 0.25) is 0 Å². The molecule has 132 valence electrons. The molecule has 0 unspecified atom stereocenters. The summed E-state index contributed by atoms with van der Waals surface area (Å²) in [5.74, 6) is -1.55. The van der Waals surface area contributed by atoms with E-state index in [1.807, 2.05) is 0 Å². The molecule has 0 aromatic carbocycles. The molecule has 0 amide bonds. The van der Waals surface area contributed by atoms with Crippen molar-refractivity contribution in [2.75, 3.05) is 6.54 Å². The van der Waals surface area contributed by atoms with Crippen LogP contribution in [-0.2, 0) is 9.59 Å². The molecular formula is C17H34NNaO4. The molecule has 23 heavy (non-hydrogen) atoms. The van der Waals surface area contributed by atoms with E-state index < -0.39 is 11.9 Å². The summed E-state index contributed by atoms with van der Waals surface area (Å²) in [5, 5.41) is 16.1. The number of carboxylic acids is 2. The summed E-state index contributed by atoms with van der Waals surface area (Å²) in [6.07, 6.45) is 13.5. The minimum absolute atomic E-state index is 0. The second-order valence-electron chi connectivity index (χ2n) is 5.26. The van der Waals surface area contributed by atoms with Gasteiger partial charge in [0.05, 0.1) is 6.42 Å². The Bertz CT molecular complexity index is 296. The van der Waals surface area contributed by atoms with Gasteiger partial charge in [0.1, 0.15) is 0 Å². The molecule has 5 nitrogen and oxygen atoms in total. The van der Waals surface area contributed by atoms with Gasteiger partial charge in [-0.05, 0) is 6.42 Å². The quantitative estimate of drug-likeness (QED) is 0.303. The van der Waals surface area contributed by atoms with E-state index in [9.17, 15) is 9.59 Å². The van der Waals surface area contributed by atoms with Crippen LogP contribution in [0.4, 0.5) is 0 Å². The second kappa shape index (κ2) is 23.9. The van der Waals surface area contributed by atoms with E-state index in [-0.39, 0.29) is 42.4 Å². The molecule has 0 aromatic rings. The van der Waals surface area contributed by atoms with Crippen molar-refractivity contribution >= 4 is 47.7 Å². The Hall–Kier alpha value is -0.390. The molecule has 0 radical (unpaired) electrons. The SMILES string of the molecule is CCC(=O)O.CCCCCCCCCCCN=CCC(=O)O.[NaH]. The molecule has 0 heterocycles. The molecule has 6 heteroatoms. The number of carboxylic acid groups (broad SMARTS) is 2. The van der Waals surface area contributed by atoms with Crippen molar-refractivity contribution in [3.8, 4) is 0 Å². The number of rotatable bonds is 13. The van der Waals surface area contributed by atoms with Crippen molar-refractivity contribution in [2.45, 2.75) is 84.5 Å². The zero-order chi connectivity index (χ0) is 17.1. The van der Waals surface area contributed by atoms with Crippen LogP contribution in [0.5, 0.6) is 0 Å². The predicted octanol–water partition coefficient (Wildman–Crippen LogP) is 3.90. The van der Waals surface area contributed by atoms with Gasteiger partial charge in [0, 0.05) is 19.2 Å². The van der Waals surface area contributed by atoms with E-state index in [0.717, 1.165) is 13.0 Å². The number of hydrogen-bond donors (Lipinski definition) is 2. The van der Waals surface area contributed by atoms with Crippen molar-refractivity contribution < 1.29 is 19.8 Å². The molecule has 0 aliphatic carbocycles. The Morgan fingerprint density at radius 3 is 1.65 bits per heavy atom. The second-order valence-corrected chi connectivity index (χ2v) is 5.26. The molecule has 0 aliphatic heterocycles. The Balaban J connectivity index is -0.000000578. The molecule has 0 aliphatic rings. The van der Waals surface area contributed by atoms with Crippen LogP contribution in [0.1, 0.15) is 84.5 Å². The van der Waals surface area contributed by atoms with Gasteiger partial charge in [0.15, 0.2) is 0 Å². The van der Waals surface area contributed by atoms with Gasteiger partial charge in [0.25, 0.3) is 0 Å². The number of hydrogen-bond acceptors (Lipinski definition) is 3. The topological polar surface area (TPSA) is 87.0 Å². The van der Waals surface area contributed by atoms with Crippen LogP contribution in [0.15, 0.2) is 4.99 Å². The third kappa shape index (κ3) is 34.1. The van der Waals surface area contributed by atoms with Crippen LogP contribution < -0.4 is 0 Å². The van der Waals surface area contributed by atoms with Gasteiger partial charge in [-0.15, -0.1) is 0 Å². The van der Waals surface area contributed by atoms with E-state index in [1.54, 1.807) is 6.92 Å². The summed E-state index contributed by atoms with van der Waals surface area (Å²) in [5.41, 5.74) is 0. The number of nitrogens with zero attached hydrogens (tertiary/aromatic N) is 1. The van der Waals surface area contributed by atoms with Crippen molar-refractivity contribution in [1.29, 1.82) is 0 Å². The molecule has 0 spiro atoms. The first kappa shape index (κ1) is 27.5. The van der Waals surface area contributed by atoms with Gasteiger partial charge < -0.3 is 10.2 Å². The van der Waals surface area contributed by atoms with Crippen molar-refractivity contribution in [3.63, 3.8) is 0 Å². The van der Waals surface area contributed by atoms with E-state index >= 15 is 0 Å². The number of aliphatic carboxylic acids is 2. The summed E-state index contributed by atoms with van der Waals surface area (Å²) in [6, 6.07) is 0. The van der Waals surface area contributed by atoms with Gasteiger partial charge in [-0.3, -0.25) is 14.6 Å². The fourth-order valence-corrected chi connectivity index (χ4v) is 1.75. The maximum absolute atomic E-state index is 10.2. The van der Waals surface area contributed by atoms with Gasteiger partial charge >= 0.3 is 41.5 Å². The molecule has 0 fully saturated rings. The molecular weight excluding hydrogens is 305 g/mol. The molecule has 0 rings (SSSR count). The minimum atomic E-state index is -0.805. The number of aliphatic imine (C=N–C) groups is 1. The predicted molar refractivity (Wildman–Crippen MR) is 97.9 cm³/mol. The monoisotopic (exact) mass is 339 g/mol. The average molecular weight is 339 g/mol. The van der Waals surface area contributed by atoms with Crippen molar-refractivity contribution in [3.05, 3.63) is 0 Å². The fourth-order valence-electron chi connectivity index (χ4n) is 1.75. The van der Waals surface area contributed by atoms with Crippen LogP contribution in [-0.4, -0.2) is 64.5 Å². The molecule has 0 saturated heterocycles. The third-order valence-corrected chi connectivity index (χ3v) is 3.09. The summed E-state index contributed by atoms with van der Waals surface area (Å²) in [4.78, 5) is 23.6. The third-order valence-electron chi connectivity index (χ3n) is 3.09. The fraction of sp³-hybridized carbons (Fsp3) is 0.824. The van der Waals surface area contributed by atoms with E-state index in [1.165, 1.54) is 57.6 Å². The number of carbonyl (C=O) groups is 2. The van der Waals surface area contributed by atoms with Crippen LogP contribution in [0, 0.1) is 0 Å². The first-order chi connectivity index (χ1) is 10.5. The normalized spacial score (nSPS) is 9.83. The maximum atomic E-state index is 10.2. The van der Waals surface area contributed by atoms with E-state index in [0.29, 0.717) is 0 Å². The van der Waals surface area contributed by atoms with Gasteiger partial charge in [-0.1, -0.05) is 65.2 Å². The first-order valence-electron chi connectivity index (χ1n) is 8.46. The molecule has 0 atom stereocenters. The first-order valence-corrected chi connectivity index (χ1v) is 8.46. The Morgan fingerprint density at radius 1 is 0.826 bits per heavy atom. The summed E-state index contributed by atoms with van der Waals surface area (Å²) >= 11 is 0.